The van der Waals surface area contributed by atoms with Crippen LogP contribution in [0.5, 0.6) is 0 Å². The summed E-state index contributed by atoms with van der Waals surface area (Å²) in [6.45, 7) is 3.66. The van der Waals surface area contributed by atoms with Crippen LogP contribution >= 0.6 is 34.8 Å². The molecule has 0 aromatic heterocycles. The zero-order valence-corrected chi connectivity index (χ0v) is 16.5. The average molecular weight is 415 g/mol. The lowest BCUT2D eigenvalue weighted by Crippen LogP contribution is -2.22. The Labute approximate surface area is 167 Å². The molecule has 2 aromatic rings. The summed E-state index contributed by atoms with van der Waals surface area (Å²) in [5, 5.41) is 9.46. The predicted molar refractivity (Wildman–Crippen MR) is 109 cm³/mol. The highest BCUT2D eigenvalue weighted by Gasteiger charge is 2.11. The minimum absolute atomic E-state index is 0.0165. The van der Waals surface area contributed by atoms with E-state index in [1.807, 2.05) is 19.1 Å². The van der Waals surface area contributed by atoms with Gasteiger partial charge in [-0.05, 0) is 36.8 Å². The van der Waals surface area contributed by atoms with Crippen molar-refractivity contribution in [2.24, 2.45) is 0 Å². The van der Waals surface area contributed by atoms with E-state index in [1.165, 1.54) is 12.1 Å². The fourth-order valence-corrected chi connectivity index (χ4v) is 2.78. The van der Waals surface area contributed by atoms with Crippen LogP contribution in [-0.4, -0.2) is 18.4 Å². The lowest BCUT2D eigenvalue weighted by Gasteiger charge is -2.14. The van der Waals surface area contributed by atoms with Gasteiger partial charge in [0.05, 0.1) is 27.3 Å². The largest absolute Gasteiger partial charge is 0.376 e. The van der Waals surface area contributed by atoms with Gasteiger partial charge in [0, 0.05) is 17.8 Å². The number of carbonyl (C=O) groups excluding carboxylic acids is 2. The van der Waals surface area contributed by atoms with E-state index in [1.54, 1.807) is 13.0 Å². The Hall–Kier alpha value is -1.95. The third-order valence-corrected chi connectivity index (χ3v) is 4.69. The number of halogens is 3. The van der Waals surface area contributed by atoms with Crippen LogP contribution in [0.4, 0.5) is 17.1 Å². The van der Waals surface area contributed by atoms with Crippen molar-refractivity contribution in [2.75, 3.05) is 22.5 Å². The Balaban J connectivity index is 2.03. The molecule has 0 heterocycles. The van der Waals surface area contributed by atoms with Gasteiger partial charge in [0.1, 0.15) is 0 Å². The van der Waals surface area contributed by atoms with Crippen molar-refractivity contribution in [1.29, 1.82) is 0 Å². The molecule has 0 bridgehead atoms. The van der Waals surface area contributed by atoms with Gasteiger partial charge in [-0.15, -0.1) is 0 Å². The fraction of sp³-hybridized carbons (Fsp3) is 0.222. The third-order valence-electron chi connectivity index (χ3n) is 3.65. The summed E-state index contributed by atoms with van der Waals surface area (Å²) in [6, 6.07) is 8.41. The van der Waals surface area contributed by atoms with E-state index in [4.69, 9.17) is 34.8 Å². The van der Waals surface area contributed by atoms with Crippen molar-refractivity contribution in [2.45, 2.75) is 20.3 Å². The summed E-state index contributed by atoms with van der Waals surface area (Å²) in [5.74, 6) is -0.370. The number of anilines is 3. The van der Waals surface area contributed by atoms with Crippen molar-refractivity contribution in [3.05, 3.63) is 51.0 Å². The number of carbonyl (C=O) groups is 2. The van der Waals surface area contributed by atoms with Gasteiger partial charge in [-0.2, -0.15) is 0 Å². The van der Waals surface area contributed by atoms with Crippen LogP contribution in [0.3, 0.4) is 0 Å². The Morgan fingerprint density at radius 2 is 1.50 bits per heavy atom. The van der Waals surface area contributed by atoms with Crippen molar-refractivity contribution >= 4 is 63.7 Å². The molecule has 0 aliphatic rings. The van der Waals surface area contributed by atoms with E-state index < -0.39 is 0 Å². The number of hydrogen-bond donors (Lipinski definition) is 3. The van der Waals surface area contributed by atoms with Gasteiger partial charge in [0.15, 0.2) is 0 Å². The summed E-state index contributed by atoms with van der Waals surface area (Å²) in [6.07, 6.45) is 0.393. The summed E-state index contributed by atoms with van der Waals surface area (Å²) < 4.78 is 0. The van der Waals surface area contributed by atoms with E-state index in [0.29, 0.717) is 32.9 Å². The first-order valence-electron chi connectivity index (χ1n) is 7.89. The molecule has 0 saturated heterocycles. The van der Waals surface area contributed by atoms with Gasteiger partial charge >= 0.3 is 0 Å². The number of benzene rings is 2. The van der Waals surface area contributed by atoms with Crippen LogP contribution in [0.1, 0.15) is 18.9 Å². The zero-order valence-electron chi connectivity index (χ0n) is 14.3. The van der Waals surface area contributed by atoms with Crippen molar-refractivity contribution < 1.29 is 9.59 Å². The quantitative estimate of drug-likeness (QED) is 0.558. The van der Waals surface area contributed by atoms with Crippen LogP contribution in [0.2, 0.25) is 15.1 Å². The van der Waals surface area contributed by atoms with Gasteiger partial charge in [-0.25, -0.2) is 0 Å². The molecule has 26 heavy (non-hydrogen) atoms. The van der Waals surface area contributed by atoms with Crippen molar-refractivity contribution in [1.82, 2.24) is 0 Å². The van der Waals surface area contributed by atoms with Crippen LogP contribution in [0.25, 0.3) is 0 Å². The molecule has 0 unspecified atom stereocenters. The first-order valence-corrected chi connectivity index (χ1v) is 9.03. The highest BCUT2D eigenvalue weighted by atomic mass is 35.5. The summed E-state index contributed by atoms with van der Waals surface area (Å²) in [5.41, 5.74) is 2.67. The molecule has 2 rings (SSSR count). The zero-order chi connectivity index (χ0) is 19.3. The Morgan fingerprint density at radius 1 is 0.885 bits per heavy atom. The second-order valence-electron chi connectivity index (χ2n) is 5.53. The predicted octanol–water partition coefficient (Wildman–Crippen LogP) is 5.35. The second kappa shape index (κ2) is 9.12. The van der Waals surface area contributed by atoms with Gasteiger partial charge in [-0.1, -0.05) is 47.8 Å². The molecule has 3 N–H and O–H groups in total. The molecule has 0 atom stereocenters. The van der Waals surface area contributed by atoms with E-state index >= 15 is 0 Å². The summed E-state index contributed by atoms with van der Waals surface area (Å²) >= 11 is 17.9. The lowest BCUT2D eigenvalue weighted by molar-refractivity contribution is -0.116. The molecule has 0 aliphatic carbocycles. The molecule has 138 valence electrons. The highest BCUT2D eigenvalue weighted by Crippen LogP contribution is 2.32. The minimum Gasteiger partial charge on any atom is -0.376 e. The van der Waals surface area contributed by atoms with Crippen LogP contribution in [-0.2, 0) is 9.59 Å². The van der Waals surface area contributed by atoms with Crippen LogP contribution in [0.15, 0.2) is 30.3 Å². The van der Waals surface area contributed by atoms with E-state index in [9.17, 15) is 9.59 Å². The van der Waals surface area contributed by atoms with Gasteiger partial charge in [-0.3, -0.25) is 9.59 Å². The topological polar surface area (TPSA) is 70.2 Å². The maximum Gasteiger partial charge on any atom is 0.243 e. The normalized spacial score (nSPS) is 10.3. The molecule has 0 aliphatic heterocycles. The average Bonchev–Trinajstić information content (AvgIpc) is 2.60. The monoisotopic (exact) mass is 413 g/mol. The molecule has 8 heteroatoms. The van der Waals surface area contributed by atoms with Gasteiger partial charge in [0.25, 0.3) is 0 Å². The number of hydrogen-bond acceptors (Lipinski definition) is 3. The molecule has 2 amide bonds. The molecule has 0 saturated carbocycles. The number of nitrogens with one attached hydrogen (secondary N) is 3. The first kappa shape index (κ1) is 20.4. The standard InChI is InChI=1S/C18H18Cl3N3O2/c1-3-17(25)23-15-6-4-5-14(10(15)2)22-9-18(26)24-16-8-12(20)11(19)7-13(16)21/h4-8,22H,3,9H2,1-2H3,(H,23,25)(H,24,26). The number of rotatable bonds is 6. The molecular formula is C18H18Cl3N3O2. The molecular weight excluding hydrogens is 397 g/mol. The van der Waals surface area contributed by atoms with Crippen LogP contribution < -0.4 is 16.0 Å². The Bertz CT molecular complexity index is 841. The molecule has 0 fully saturated rings. The molecule has 2 aromatic carbocycles. The van der Waals surface area contributed by atoms with E-state index in [-0.39, 0.29) is 18.4 Å². The van der Waals surface area contributed by atoms with Crippen LogP contribution in [0, 0.1) is 6.92 Å². The molecule has 0 spiro atoms. The van der Waals surface area contributed by atoms with Gasteiger partial charge in [0.2, 0.25) is 11.8 Å². The van der Waals surface area contributed by atoms with Crippen molar-refractivity contribution in [3.8, 4) is 0 Å². The third kappa shape index (κ3) is 5.27. The SMILES string of the molecule is CCC(=O)Nc1cccc(NCC(=O)Nc2cc(Cl)c(Cl)cc2Cl)c1C. The maximum atomic E-state index is 12.2. The Morgan fingerprint density at radius 3 is 2.19 bits per heavy atom. The maximum absolute atomic E-state index is 12.2. The minimum atomic E-state index is -0.298. The van der Waals surface area contributed by atoms with Crippen molar-refractivity contribution in [3.63, 3.8) is 0 Å². The highest BCUT2D eigenvalue weighted by molar-refractivity contribution is 6.44. The van der Waals surface area contributed by atoms with E-state index in [0.717, 1.165) is 11.3 Å². The smallest absolute Gasteiger partial charge is 0.243 e. The molecule has 5 nitrogen and oxygen atoms in total. The fourth-order valence-electron chi connectivity index (χ4n) is 2.19. The first-order chi connectivity index (χ1) is 12.3. The second-order valence-corrected chi connectivity index (χ2v) is 6.75. The number of amides is 2. The molecule has 0 radical (unpaired) electrons. The lowest BCUT2D eigenvalue weighted by atomic mass is 10.1. The Kier molecular flexibility index (Phi) is 7.14. The summed E-state index contributed by atoms with van der Waals surface area (Å²) in [7, 11) is 0. The van der Waals surface area contributed by atoms with E-state index in [2.05, 4.69) is 16.0 Å². The van der Waals surface area contributed by atoms with Gasteiger partial charge < -0.3 is 16.0 Å². The summed E-state index contributed by atoms with van der Waals surface area (Å²) in [4.78, 5) is 23.7.